The van der Waals surface area contributed by atoms with E-state index < -0.39 is 0 Å². The first-order valence-corrected chi connectivity index (χ1v) is 7.13. The lowest BCUT2D eigenvalue weighted by Crippen LogP contribution is -2.20. The first-order valence-electron chi connectivity index (χ1n) is 7.13. The average molecular weight is 272 g/mol. The fourth-order valence-electron chi connectivity index (χ4n) is 2.52. The van der Waals surface area contributed by atoms with E-state index in [0.717, 1.165) is 37.7 Å². The third kappa shape index (κ3) is 2.54. The van der Waals surface area contributed by atoms with E-state index in [9.17, 15) is 0 Å². The zero-order valence-corrected chi connectivity index (χ0v) is 12.0. The Morgan fingerprint density at radius 3 is 3.20 bits per heavy atom. The van der Waals surface area contributed by atoms with Crippen molar-refractivity contribution in [3.05, 3.63) is 41.5 Å². The van der Waals surface area contributed by atoms with E-state index >= 15 is 0 Å². The van der Waals surface area contributed by atoms with Gasteiger partial charge in [-0.25, -0.2) is 0 Å². The highest BCUT2D eigenvalue weighted by Crippen LogP contribution is 2.28. The SMILES string of the molecule is CCn1cnnc1CNC(C)c1ccc2c(c1)CCO2. The van der Waals surface area contributed by atoms with Crippen LogP contribution in [0.4, 0.5) is 0 Å². The van der Waals surface area contributed by atoms with Crippen molar-refractivity contribution >= 4 is 0 Å². The van der Waals surface area contributed by atoms with Gasteiger partial charge < -0.3 is 14.6 Å². The number of hydrogen-bond donors (Lipinski definition) is 1. The molecule has 5 heteroatoms. The van der Waals surface area contributed by atoms with E-state index in [4.69, 9.17) is 4.74 Å². The largest absolute Gasteiger partial charge is 0.493 e. The first-order chi connectivity index (χ1) is 9.78. The zero-order valence-electron chi connectivity index (χ0n) is 12.0. The van der Waals surface area contributed by atoms with E-state index in [-0.39, 0.29) is 6.04 Å². The summed E-state index contributed by atoms with van der Waals surface area (Å²) in [6.07, 6.45) is 2.79. The minimum atomic E-state index is 0.280. The van der Waals surface area contributed by atoms with Crippen molar-refractivity contribution < 1.29 is 4.74 Å². The Balaban J connectivity index is 1.66. The number of fused-ring (bicyclic) bond motifs is 1. The van der Waals surface area contributed by atoms with Gasteiger partial charge in [0.05, 0.1) is 13.2 Å². The summed E-state index contributed by atoms with van der Waals surface area (Å²) in [7, 11) is 0. The number of nitrogens with zero attached hydrogens (tertiary/aromatic N) is 3. The van der Waals surface area contributed by atoms with Gasteiger partial charge in [0.1, 0.15) is 17.9 Å². The smallest absolute Gasteiger partial charge is 0.146 e. The monoisotopic (exact) mass is 272 g/mol. The molecule has 0 saturated heterocycles. The van der Waals surface area contributed by atoms with Gasteiger partial charge >= 0.3 is 0 Å². The van der Waals surface area contributed by atoms with Gasteiger partial charge in [-0.05, 0) is 31.0 Å². The van der Waals surface area contributed by atoms with Crippen molar-refractivity contribution in [2.75, 3.05) is 6.61 Å². The van der Waals surface area contributed by atoms with Crippen molar-refractivity contribution in [3.8, 4) is 5.75 Å². The molecule has 0 aliphatic carbocycles. The molecular formula is C15H20N4O. The van der Waals surface area contributed by atoms with Crippen LogP contribution < -0.4 is 10.1 Å². The lowest BCUT2D eigenvalue weighted by Gasteiger charge is -2.15. The van der Waals surface area contributed by atoms with Crippen LogP contribution in [-0.4, -0.2) is 21.4 Å². The highest BCUT2D eigenvalue weighted by atomic mass is 16.5. The predicted octanol–water partition coefficient (Wildman–Crippen LogP) is 2.08. The van der Waals surface area contributed by atoms with Crippen LogP contribution in [0.3, 0.4) is 0 Å². The Kier molecular flexibility index (Phi) is 3.69. The fourth-order valence-corrected chi connectivity index (χ4v) is 2.52. The Labute approximate surface area is 119 Å². The Morgan fingerprint density at radius 2 is 2.35 bits per heavy atom. The van der Waals surface area contributed by atoms with Crippen molar-refractivity contribution in [1.29, 1.82) is 0 Å². The summed E-state index contributed by atoms with van der Waals surface area (Å²) in [4.78, 5) is 0. The van der Waals surface area contributed by atoms with Crippen molar-refractivity contribution in [3.63, 3.8) is 0 Å². The summed E-state index contributed by atoms with van der Waals surface area (Å²) < 4.78 is 7.59. The second kappa shape index (κ2) is 5.63. The second-order valence-electron chi connectivity index (χ2n) is 5.10. The molecule has 20 heavy (non-hydrogen) atoms. The normalized spacial score (nSPS) is 14.9. The fraction of sp³-hybridized carbons (Fsp3) is 0.467. The lowest BCUT2D eigenvalue weighted by molar-refractivity contribution is 0.356. The van der Waals surface area contributed by atoms with Crippen molar-refractivity contribution in [2.45, 2.75) is 39.4 Å². The van der Waals surface area contributed by atoms with Crippen LogP contribution in [-0.2, 0) is 19.5 Å². The molecule has 106 valence electrons. The third-order valence-corrected chi connectivity index (χ3v) is 3.82. The molecule has 2 heterocycles. The molecule has 3 rings (SSSR count). The molecule has 1 atom stereocenters. The van der Waals surface area contributed by atoms with Gasteiger partial charge in [0, 0.05) is 19.0 Å². The predicted molar refractivity (Wildman–Crippen MR) is 76.6 cm³/mol. The Bertz CT molecular complexity index is 593. The maximum absolute atomic E-state index is 5.54. The molecule has 0 saturated carbocycles. The van der Waals surface area contributed by atoms with E-state index in [1.807, 2.05) is 0 Å². The van der Waals surface area contributed by atoms with Gasteiger partial charge in [0.2, 0.25) is 0 Å². The molecule has 0 amide bonds. The zero-order chi connectivity index (χ0) is 13.9. The molecule has 0 fully saturated rings. The maximum Gasteiger partial charge on any atom is 0.146 e. The van der Waals surface area contributed by atoms with Gasteiger partial charge in [0.15, 0.2) is 0 Å². The summed E-state index contributed by atoms with van der Waals surface area (Å²) >= 11 is 0. The molecule has 2 aromatic rings. The molecule has 1 aromatic carbocycles. The third-order valence-electron chi connectivity index (χ3n) is 3.82. The summed E-state index contributed by atoms with van der Waals surface area (Å²) in [5.74, 6) is 2.01. The van der Waals surface area contributed by atoms with E-state index in [0.29, 0.717) is 0 Å². The van der Waals surface area contributed by atoms with Crippen LogP contribution in [0.1, 0.15) is 36.8 Å². The molecule has 0 spiro atoms. The quantitative estimate of drug-likeness (QED) is 0.905. The number of benzene rings is 1. The topological polar surface area (TPSA) is 52.0 Å². The van der Waals surface area contributed by atoms with Gasteiger partial charge in [-0.1, -0.05) is 12.1 Å². The van der Waals surface area contributed by atoms with Crippen LogP contribution in [0, 0.1) is 0 Å². The summed E-state index contributed by atoms with van der Waals surface area (Å²) in [6.45, 7) is 6.69. The second-order valence-corrected chi connectivity index (χ2v) is 5.10. The van der Waals surface area contributed by atoms with E-state index in [1.54, 1.807) is 6.33 Å². The van der Waals surface area contributed by atoms with E-state index in [2.05, 4.69) is 52.1 Å². The number of aryl methyl sites for hydroxylation is 1. The summed E-state index contributed by atoms with van der Waals surface area (Å²) in [6, 6.07) is 6.73. The van der Waals surface area contributed by atoms with Crippen molar-refractivity contribution in [1.82, 2.24) is 20.1 Å². The molecule has 1 unspecified atom stereocenters. The lowest BCUT2D eigenvalue weighted by atomic mass is 10.0. The van der Waals surface area contributed by atoms with E-state index in [1.165, 1.54) is 11.1 Å². The standard InChI is InChI=1S/C15H20N4O/c1-3-19-10-17-18-15(19)9-16-11(2)12-4-5-14-13(8-12)6-7-20-14/h4-5,8,10-11,16H,3,6-7,9H2,1-2H3. The molecule has 0 bridgehead atoms. The molecule has 0 radical (unpaired) electrons. The minimum absolute atomic E-state index is 0.280. The number of ether oxygens (including phenoxy) is 1. The molecule has 1 aliphatic heterocycles. The molecular weight excluding hydrogens is 252 g/mol. The number of aromatic nitrogens is 3. The van der Waals surface area contributed by atoms with Gasteiger partial charge in [-0.2, -0.15) is 0 Å². The van der Waals surface area contributed by atoms with Crippen LogP contribution in [0.25, 0.3) is 0 Å². The summed E-state index contributed by atoms with van der Waals surface area (Å²) in [5.41, 5.74) is 2.60. The van der Waals surface area contributed by atoms with Gasteiger partial charge in [0.25, 0.3) is 0 Å². The Morgan fingerprint density at radius 1 is 1.45 bits per heavy atom. The van der Waals surface area contributed by atoms with Crippen molar-refractivity contribution in [2.24, 2.45) is 0 Å². The highest BCUT2D eigenvalue weighted by molar-refractivity contribution is 5.40. The number of hydrogen-bond acceptors (Lipinski definition) is 4. The van der Waals surface area contributed by atoms with Crippen LogP contribution in [0.15, 0.2) is 24.5 Å². The first kappa shape index (κ1) is 13.1. The number of rotatable bonds is 5. The minimum Gasteiger partial charge on any atom is -0.493 e. The maximum atomic E-state index is 5.54. The van der Waals surface area contributed by atoms with Crippen LogP contribution in [0.2, 0.25) is 0 Å². The van der Waals surface area contributed by atoms with Crippen LogP contribution >= 0.6 is 0 Å². The average Bonchev–Trinajstić information content (AvgIpc) is 3.12. The summed E-state index contributed by atoms with van der Waals surface area (Å²) in [5, 5.41) is 11.6. The Hall–Kier alpha value is -1.88. The molecule has 1 aromatic heterocycles. The van der Waals surface area contributed by atoms with Gasteiger partial charge in [-0.15, -0.1) is 10.2 Å². The number of nitrogens with one attached hydrogen (secondary N) is 1. The van der Waals surface area contributed by atoms with Crippen LogP contribution in [0.5, 0.6) is 5.75 Å². The van der Waals surface area contributed by atoms with Gasteiger partial charge in [-0.3, -0.25) is 0 Å². The molecule has 1 aliphatic rings. The highest BCUT2D eigenvalue weighted by Gasteiger charge is 2.14. The molecule has 5 nitrogen and oxygen atoms in total. The molecule has 1 N–H and O–H groups in total.